The van der Waals surface area contributed by atoms with E-state index < -0.39 is 17.4 Å². The number of halogens is 2. The number of pyridine rings is 1. The second kappa shape index (κ2) is 4.51. The van der Waals surface area contributed by atoms with Crippen molar-refractivity contribution >= 4 is 27.3 Å². The van der Waals surface area contributed by atoms with E-state index >= 15 is 0 Å². The maximum atomic E-state index is 13.6. The van der Waals surface area contributed by atoms with Crippen LogP contribution >= 0.6 is 11.3 Å². The second-order valence-corrected chi connectivity index (χ2v) is 4.93. The summed E-state index contributed by atoms with van der Waals surface area (Å²) in [5, 5.41) is 1.87. The Morgan fingerprint density at radius 3 is 2.79 bits per heavy atom. The average molecular weight is 275 g/mol. The van der Waals surface area contributed by atoms with E-state index in [-0.39, 0.29) is 5.56 Å². The van der Waals surface area contributed by atoms with Crippen LogP contribution in [0.4, 0.5) is 8.78 Å². The van der Waals surface area contributed by atoms with Crippen LogP contribution in [0.3, 0.4) is 0 Å². The maximum Gasteiger partial charge on any atom is 0.197 e. The lowest BCUT2D eigenvalue weighted by atomic mass is 10.0. The zero-order valence-corrected chi connectivity index (χ0v) is 10.4. The number of hydrogen-bond donors (Lipinski definition) is 0. The van der Waals surface area contributed by atoms with Crippen molar-refractivity contribution in [1.29, 1.82) is 0 Å². The Labute approximate surface area is 111 Å². The summed E-state index contributed by atoms with van der Waals surface area (Å²) in [6.45, 7) is 0. The molecule has 3 rings (SSSR count). The molecule has 0 aliphatic carbocycles. The molecule has 0 atom stereocenters. The summed E-state index contributed by atoms with van der Waals surface area (Å²) in [6.07, 6.45) is 1.40. The molecule has 2 nitrogen and oxygen atoms in total. The second-order valence-electron chi connectivity index (χ2n) is 3.98. The summed E-state index contributed by atoms with van der Waals surface area (Å²) in [7, 11) is 0. The molecule has 1 aromatic carbocycles. The van der Waals surface area contributed by atoms with Gasteiger partial charge in [0.15, 0.2) is 5.78 Å². The number of fused-ring (bicyclic) bond motifs is 1. The molecule has 0 unspecified atom stereocenters. The lowest BCUT2D eigenvalue weighted by Gasteiger charge is -2.02. The van der Waals surface area contributed by atoms with Gasteiger partial charge in [0.2, 0.25) is 0 Å². The third-order valence-corrected chi connectivity index (χ3v) is 3.59. The monoisotopic (exact) mass is 275 g/mol. The zero-order valence-electron chi connectivity index (χ0n) is 9.56. The van der Waals surface area contributed by atoms with Gasteiger partial charge in [0.25, 0.3) is 0 Å². The normalized spacial score (nSPS) is 10.8. The zero-order chi connectivity index (χ0) is 13.4. The molecule has 0 bridgehead atoms. The smallest absolute Gasteiger partial charge is 0.197 e. The van der Waals surface area contributed by atoms with Crippen molar-refractivity contribution in [2.24, 2.45) is 0 Å². The molecule has 0 radical (unpaired) electrons. The number of ketones is 1. The predicted molar refractivity (Wildman–Crippen MR) is 69.4 cm³/mol. The van der Waals surface area contributed by atoms with Gasteiger partial charge in [-0.2, -0.15) is 0 Å². The Morgan fingerprint density at radius 1 is 1.16 bits per heavy atom. The highest BCUT2D eigenvalue weighted by Gasteiger charge is 2.15. The Bertz CT molecular complexity index is 782. The van der Waals surface area contributed by atoms with Crippen molar-refractivity contribution in [3.05, 3.63) is 64.7 Å². The van der Waals surface area contributed by atoms with Crippen molar-refractivity contribution in [2.75, 3.05) is 0 Å². The molecule has 19 heavy (non-hydrogen) atoms. The van der Waals surface area contributed by atoms with Gasteiger partial charge in [0.1, 0.15) is 11.6 Å². The van der Waals surface area contributed by atoms with Gasteiger partial charge in [-0.1, -0.05) is 0 Å². The fourth-order valence-corrected chi connectivity index (χ4v) is 2.58. The van der Waals surface area contributed by atoms with Crippen LogP contribution in [-0.2, 0) is 0 Å². The Balaban J connectivity index is 2.07. The number of aromatic nitrogens is 1. The number of benzene rings is 1. The first kappa shape index (κ1) is 11.9. The van der Waals surface area contributed by atoms with Gasteiger partial charge in [-0.05, 0) is 29.6 Å². The highest BCUT2D eigenvalue weighted by Crippen LogP contribution is 2.22. The van der Waals surface area contributed by atoms with E-state index in [4.69, 9.17) is 0 Å². The predicted octanol–water partition coefficient (Wildman–Crippen LogP) is 3.81. The van der Waals surface area contributed by atoms with Crippen LogP contribution in [0.1, 0.15) is 15.9 Å². The molecular formula is C14H7F2NOS. The molecule has 0 spiro atoms. The molecule has 0 aliphatic heterocycles. The molecule has 94 valence electrons. The number of carbonyl (C=O) groups excluding carboxylic acids is 1. The summed E-state index contributed by atoms with van der Waals surface area (Å²) in [6, 6.07) is 6.41. The summed E-state index contributed by atoms with van der Waals surface area (Å²) < 4.78 is 27.2. The van der Waals surface area contributed by atoms with Crippen molar-refractivity contribution in [3.8, 4) is 0 Å². The fraction of sp³-hybridized carbons (Fsp3) is 0. The van der Waals surface area contributed by atoms with E-state index in [0.717, 1.165) is 22.3 Å². The van der Waals surface area contributed by atoms with Crippen LogP contribution in [0.5, 0.6) is 0 Å². The Kier molecular flexibility index (Phi) is 2.83. The van der Waals surface area contributed by atoms with Crippen molar-refractivity contribution in [2.45, 2.75) is 0 Å². The minimum atomic E-state index is -0.865. The number of carbonyl (C=O) groups is 1. The van der Waals surface area contributed by atoms with Crippen LogP contribution in [0.15, 0.2) is 41.9 Å². The van der Waals surface area contributed by atoms with Crippen molar-refractivity contribution < 1.29 is 13.6 Å². The molecule has 2 heterocycles. The van der Waals surface area contributed by atoms with E-state index in [1.54, 1.807) is 6.07 Å². The number of nitrogens with zero attached hydrogens (tertiary/aromatic N) is 1. The highest BCUT2D eigenvalue weighted by atomic mass is 32.1. The van der Waals surface area contributed by atoms with Crippen molar-refractivity contribution in [3.63, 3.8) is 0 Å². The number of rotatable bonds is 2. The molecule has 0 aliphatic rings. The van der Waals surface area contributed by atoms with Crippen LogP contribution in [0.25, 0.3) is 10.2 Å². The molecule has 0 saturated heterocycles. The summed E-state index contributed by atoms with van der Waals surface area (Å²) in [5.41, 5.74) is 0.931. The highest BCUT2D eigenvalue weighted by molar-refractivity contribution is 7.17. The van der Waals surface area contributed by atoms with Gasteiger partial charge in [-0.3, -0.25) is 9.78 Å². The minimum Gasteiger partial charge on any atom is -0.288 e. The van der Waals surface area contributed by atoms with Crippen LogP contribution in [0.2, 0.25) is 0 Å². The minimum absolute atomic E-state index is 0.154. The lowest BCUT2D eigenvalue weighted by Crippen LogP contribution is -2.05. The first-order valence-corrected chi connectivity index (χ1v) is 6.36. The molecular weight excluding hydrogens is 268 g/mol. The van der Waals surface area contributed by atoms with Gasteiger partial charge in [-0.25, -0.2) is 8.78 Å². The molecule has 0 N–H and O–H groups in total. The Hall–Kier alpha value is -2.14. The van der Waals surface area contributed by atoms with Gasteiger partial charge in [0, 0.05) is 17.8 Å². The Morgan fingerprint density at radius 2 is 2.00 bits per heavy atom. The van der Waals surface area contributed by atoms with Crippen LogP contribution in [-0.4, -0.2) is 10.8 Å². The van der Waals surface area contributed by atoms with Gasteiger partial charge in [-0.15, -0.1) is 11.3 Å². The first-order chi connectivity index (χ1) is 9.15. The standard InChI is InChI=1S/C14H7F2NOS/c15-9-1-2-10(11(16)6-9)14(18)8-5-13-12(17-7-8)3-4-19-13/h1-7H. The average Bonchev–Trinajstić information content (AvgIpc) is 2.85. The van der Waals surface area contributed by atoms with E-state index in [2.05, 4.69) is 4.98 Å². The number of thiophene rings is 1. The van der Waals surface area contributed by atoms with E-state index in [1.165, 1.54) is 17.5 Å². The van der Waals surface area contributed by atoms with Crippen LogP contribution < -0.4 is 0 Å². The molecule has 0 fully saturated rings. The first-order valence-electron chi connectivity index (χ1n) is 5.48. The summed E-state index contributed by atoms with van der Waals surface area (Å²) in [4.78, 5) is 16.3. The topological polar surface area (TPSA) is 30.0 Å². The fourth-order valence-electron chi connectivity index (χ4n) is 1.80. The van der Waals surface area contributed by atoms with Crippen LogP contribution in [0, 0.1) is 11.6 Å². The largest absolute Gasteiger partial charge is 0.288 e. The molecule has 0 amide bonds. The maximum absolute atomic E-state index is 13.6. The SMILES string of the molecule is O=C(c1cnc2ccsc2c1)c1ccc(F)cc1F. The van der Waals surface area contributed by atoms with E-state index in [0.29, 0.717) is 11.6 Å². The number of hydrogen-bond acceptors (Lipinski definition) is 3. The van der Waals surface area contributed by atoms with E-state index in [1.807, 2.05) is 11.4 Å². The van der Waals surface area contributed by atoms with Gasteiger partial charge in [0.05, 0.1) is 15.8 Å². The van der Waals surface area contributed by atoms with E-state index in [9.17, 15) is 13.6 Å². The third-order valence-electron chi connectivity index (χ3n) is 2.74. The van der Waals surface area contributed by atoms with Gasteiger partial charge < -0.3 is 0 Å². The third kappa shape index (κ3) is 2.13. The summed E-state index contributed by atoms with van der Waals surface area (Å²) >= 11 is 1.45. The van der Waals surface area contributed by atoms with Crippen molar-refractivity contribution in [1.82, 2.24) is 4.98 Å². The molecule has 0 saturated carbocycles. The molecule has 2 aromatic heterocycles. The molecule has 3 aromatic rings. The summed E-state index contributed by atoms with van der Waals surface area (Å²) in [5.74, 6) is -2.07. The quantitative estimate of drug-likeness (QED) is 0.666. The molecule has 5 heteroatoms. The lowest BCUT2D eigenvalue weighted by molar-refractivity contribution is 0.103. The van der Waals surface area contributed by atoms with Gasteiger partial charge >= 0.3 is 0 Å².